The molecule has 1 aromatic heterocycles. The van der Waals surface area contributed by atoms with E-state index in [1.165, 1.54) is 0 Å². The van der Waals surface area contributed by atoms with Crippen LogP contribution in [-0.4, -0.2) is 27.3 Å². The van der Waals surface area contributed by atoms with Crippen molar-refractivity contribution in [1.29, 1.82) is 0 Å². The molecule has 1 unspecified atom stereocenters. The highest BCUT2D eigenvalue weighted by Gasteiger charge is 2.53. The molecule has 4 nitrogen and oxygen atoms in total. The lowest BCUT2D eigenvalue weighted by molar-refractivity contribution is -0.148. The van der Waals surface area contributed by atoms with E-state index in [0.717, 1.165) is 5.56 Å². The van der Waals surface area contributed by atoms with Gasteiger partial charge in [-0.2, -0.15) is 0 Å². The zero-order chi connectivity index (χ0) is 10.2. The van der Waals surface area contributed by atoms with E-state index in [-0.39, 0.29) is 0 Å². The van der Waals surface area contributed by atoms with Gasteiger partial charge in [0.25, 0.3) is 0 Å². The van der Waals surface area contributed by atoms with Gasteiger partial charge in [0.15, 0.2) is 6.10 Å². The van der Waals surface area contributed by atoms with Crippen LogP contribution in [0.5, 0.6) is 0 Å². The van der Waals surface area contributed by atoms with Gasteiger partial charge in [-0.05, 0) is 24.5 Å². The third kappa shape index (κ3) is 1.28. The second-order valence-corrected chi connectivity index (χ2v) is 3.64. The average molecular weight is 193 g/mol. The molecule has 0 radical (unpaired) electrons. The fraction of sp³-hybridized carbons (Fsp3) is 0.400. The van der Waals surface area contributed by atoms with Crippen molar-refractivity contribution in [2.75, 3.05) is 0 Å². The van der Waals surface area contributed by atoms with Crippen molar-refractivity contribution in [1.82, 2.24) is 4.98 Å². The van der Waals surface area contributed by atoms with Crippen LogP contribution in [-0.2, 0) is 10.2 Å². The van der Waals surface area contributed by atoms with Crippen molar-refractivity contribution >= 4 is 5.97 Å². The number of carboxylic acids is 1. The highest BCUT2D eigenvalue weighted by Crippen LogP contribution is 2.50. The fourth-order valence-electron chi connectivity index (χ4n) is 1.75. The molecular formula is C10H11NO3. The quantitative estimate of drug-likeness (QED) is 0.735. The van der Waals surface area contributed by atoms with E-state index in [4.69, 9.17) is 5.11 Å². The van der Waals surface area contributed by atoms with Crippen LogP contribution in [0.2, 0.25) is 0 Å². The zero-order valence-electron chi connectivity index (χ0n) is 7.55. The van der Waals surface area contributed by atoms with Gasteiger partial charge < -0.3 is 10.2 Å². The average Bonchev–Trinajstić information content (AvgIpc) is 2.99. The maximum atomic E-state index is 10.7. The van der Waals surface area contributed by atoms with Crippen LogP contribution in [0.25, 0.3) is 0 Å². The lowest BCUT2D eigenvalue weighted by Gasteiger charge is -2.18. The Bertz CT molecular complexity index is 346. The van der Waals surface area contributed by atoms with Gasteiger partial charge in [-0.15, -0.1) is 0 Å². The molecule has 2 rings (SSSR count). The van der Waals surface area contributed by atoms with Crippen LogP contribution >= 0.6 is 0 Å². The normalized spacial score (nSPS) is 20.1. The molecule has 1 aromatic rings. The summed E-state index contributed by atoms with van der Waals surface area (Å²) in [5.74, 6) is -1.16. The van der Waals surface area contributed by atoms with E-state index in [2.05, 4.69) is 4.98 Å². The molecule has 0 aromatic carbocycles. The Morgan fingerprint density at radius 2 is 2.29 bits per heavy atom. The van der Waals surface area contributed by atoms with Gasteiger partial charge in [0, 0.05) is 17.8 Å². The first-order valence-corrected chi connectivity index (χ1v) is 4.48. The predicted molar refractivity (Wildman–Crippen MR) is 48.8 cm³/mol. The largest absolute Gasteiger partial charge is 0.479 e. The molecule has 0 saturated heterocycles. The number of nitrogens with zero attached hydrogens (tertiary/aromatic N) is 1. The lowest BCUT2D eigenvalue weighted by Crippen LogP contribution is -2.33. The van der Waals surface area contributed by atoms with Crippen LogP contribution in [0.15, 0.2) is 24.5 Å². The molecule has 0 amide bonds. The maximum absolute atomic E-state index is 10.7. The number of aliphatic hydroxyl groups is 1. The number of aliphatic carboxylic acids is 1. The van der Waals surface area contributed by atoms with E-state index in [0.29, 0.717) is 12.8 Å². The molecule has 4 heteroatoms. The number of pyridine rings is 1. The molecule has 0 bridgehead atoms. The van der Waals surface area contributed by atoms with Crippen LogP contribution in [0, 0.1) is 0 Å². The summed E-state index contributed by atoms with van der Waals surface area (Å²) >= 11 is 0. The highest BCUT2D eigenvalue weighted by atomic mass is 16.4. The van der Waals surface area contributed by atoms with Gasteiger partial charge in [0.2, 0.25) is 0 Å². The first-order valence-electron chi connectivity index (χ1n) is 4.48. The van der Waals surface area contributed by atoms with Crippen LogP contribution in [0.1, 0.15) is 18.4 Å². The molecule has 14 heavy (non-hydrogen) atoms. The Labute approximate surface area is 81.2 Å². The Morgan fingerprint density at radius 1 is 1.57 bits per heavy atom. The second-order valence-electron chi connectivity index (χ2n) is 3.64. The standard InChI is InChI=1S/C10H11NO3/c12-8(9(13)14)10(3-4-10)7-2-1-5-11-6-7/h1-2,5-6,8,12H,3-4H2,(H,13,14). The van der Waals surface area contributed by atoms with E-state index < -0.39 is 17.5 Å². The van der Waals surface area contributed by atoms with Crippen molar-refractivity contribution in [3.8, 4) is 0 Å². The van der Waals surface area contributed by atoms with Crippen molar-refractivity contribution in [2.45, 2.75) is 24.4 Å². The van der Waals surface area contributed by atoms with E-state index in [1.54, 1.807) is 18.5 Å². The summed E-state index contributed by atoms with van der Waals surface area (Å²) in [6.45, 7) is 0. The van der Waals surface area contributed by atoms with E-state index in [9.17, 15) is 9.90 Å². The first-order chi connectivity index (χ1) is 6.67. The SMILES string of the molecule is O=C(O)C(O)C1(c2cccnc2)CC1. The molecule has 74 valence electrons. The van der Waals surface area contributed by atoms with Gasteiger partial charge in [-0.1, -0.05) is 6.07 Å². The molecule has 0 aliphatic heterocycles. The van der Waals surface area contributed by atoms with Crippen LogP contribution in [0.4, 0.5) is 0 Å². The highest BCUT2D eigenvalue weighted by molar-refractivity contribution is 5.75. The van der Waals surface area contributed by atoms with Gasteiger partial charge >= 0.3 is 5.97 Å². The minimum absolute atomic E-state index is 0.583. The Kier molecular flexibility index (Phi) is 2.00. The Hall–Kier alpha value is -1.42. The smallest absolute Gasteiger partial charge is 0.333 e. The molecule has 1 aliphatic rings. The Morgan fingerprint density at radius 3 is 2.71 bits per heavy atom. The predicted octanol–water partition coefficient (Wildman–Crippen LogP) is 0.559. The van der Waals surface area contributed by atoms with Crippen molar-refractivity contribution in [3.05, 3.63) is 30.1 Å². The first kappa shape index (κ1) is 9.15. The molecule has 1 atom stereocenters. The third-order valence-corrected chi connectivity index (χ3v) is 2.78. The van der Waals surface area contributed by atoms with Crippen molar-refractivity contribution in [3.63, 3.8) is 0 Å². The number of hydrogen-bond donors (Lipinski definition) is 2. The number of rotatable bonds is 3. The summed E-state index contributed by atoms with van der Waals surface area (Å²) in [5, 5.41) is 18.3. The fourth-order valence-corrected chi connectivity index (χ4v) is 1.75. The monoisotopic (exact) mass is 193 g/mol. The van der Waals surface area contributed by atoms with Crippen LogP contribution in [0.3, 0.4) is 0 Å². The molecule has 1 aliphatic carbocycles. The molecule has 0 spiro atoms. The number of aromatic nitrogens is 1. The van der Waals surface area contributed by atoms with Crippen LogP contribution < -0.4 is 0 Å². The summed E-state index contributed by atoms with van der Waals surface area (Å²) in [5.41, 5.74) is 0.231. The summed E-state index contributed by atoms with van der Waals surface area (Å²) in [7, 11) is 0. The lowest BCUT2D eigenvalue weighted by atomic mass is 9.91. The minimum atomic E-state index is -1.31. The molecule has 1 heterocycles. The number of hydrogen-bond acceptors (Lipinski definition) is 3. The van der Waals surface area contributed by atoms with E-state index >= 15 is 0 Å². The topological polar surface area (TPSA) is 70.4 Å². The summed E-state index contributed by atoms with van der Waals surface area (Å²) < 4.78 is 0. The summed E-state index contributed by atoms with van der Waals surface area (Å²) in [6, 6.07) is 3.57. The Balaban J connectivity index is 2.30. The minimum Gasteiger partial charge on any atom is -0.479 e. The second kappa shape index (κ2) is 3.06. The van der Waals surface area contributed by atoms with Gasteiger partial charge in [0.05, 0.1) is 0 Å². The van der Waals surface area contributed by atoms with E-state index in [1.807, 2.05) is 6.07 Å². The third-order valence-electron chi connectivity index (χ3n) is 2.78. The van der Waals surface area contributed by atoms with Gasteiger partial charge in [0.1, 0.15) is 0 Å². The summed E-state index contributed by atoms with van der Waals surface area (Å²) in [6.07, 6.45) is 3.37. The van der Waals surface area contributed by atoms with Gasteiger partial charge in [-0.3, -0.25) is 4.98 Å². The number of aliphatic hydroxyl groups excluding tert-OH is 1. The molecule has 1 fully saturated rings. The maximum Gasteiger partial charge on any atom is 0.333 e. The zero-order valence-corrected chi connectivity index (χ0v) is 7.55. The molecule has 1 saturated carbocycles. The summed E-state index contributed by atoms with van der Waals surface area (Å²) in [4.78, 5) is 14.6. The number of carbonyl (C=O) groups is 1. The van der Waals surface area contributed by atoms with Crippen molar-refractivity contribution < 1.29 is 15.0 Å². The number of carboxylic acid groups (broad SMARTS) is 1. The molecular weight excluding hydrogens is 182 g/mol. The molecule has 2 N–H and O–H groups in total. The van der Waals surface area contributed by atoms with Crippen molar-refractivity contribution in [2.24, 2.45) is 0 Å². The van der Waals surface area contributed by atoms with Gasteiger partial charge in [-0.25, -0.2) is 4.79 Å².